The van der Waals surface area contributed by atoms with Crippen LogP contribution in [0.2, 0.25) is 0 Å². The first-order valence-electron chi connectivity index (χ1n) is 7.16. The molecule has 0 saturated carbocycles. The number of hydrogen-bond acceptors (Lipinski definition) is 2. The van der Waals surface area contributed by atoms with Gasteiger partial charge in [0.25, 0.3) is 0 Å². The number of aliphatic carboxylic acids is 1. The number of benzene rings is 1. The molecule has 2 aromatic rings. The highest BCUT2D eigenvalue weighted by Crippen LogP contribution is 2.31. The summed E-state index contributed by atoms with van der Waals surface area (Å²) in [6.45, 7) is 2.32. The number of H-pyrrole nitrogens is 1. The van der Waals surface area contributed by atoms with Gasteiger partial charge in [0.1, 0.15) is 5.82 Å². The highest BCUT2D eigenvalue weighted by molar-refractivity contribution is 5.89. The largest absolute Gasteiger partial charge is 0.481 e. The van der Waals surface area contributed by atoms with E-state index in [4.69, 9.17) is 0 Å². The van der Waals surface area contributed by atoms with Crippen molar-refractivity contribution in [1.82, 2.24) is 9.88 Å². The van der Waals surface area contributed by atoms with Gasteiger partial charge >= 0.3 is 5.97 Å². The minimum Gasteiger partial charge on any atom is -0.481 e. The molecule has 1 aliphatic heterocycles. The third-order valence-corrected chi connectivity index (χ3v) is 4.41. The Morgan fingerprint density at radius 2 is 2.23 bits per heavy atom. The molecule has 3 rings (SSSR count). The summed E-state index contributed by atoms with van der Waals surface area (Å²) in [5, 5.41) is 9.90. The van der Waals surface area contributed by atoms with Crippen LogP contribution in [0, 0.1) is 11.2 Å². The van der Waals surface area contributed by atoms with Crippen LogP contribution in [0.1, 0.15) is 18.9 Å². The molecular formula is C16H17FN2O3. The normalized spacial score (nSPS) is 21.5. The second-order valence-corrected chi connectivity index (χ2v) is 6.11. The third-order valence-electron chi connectivity index (χ3n) is 4.41. The Hall–Kier alpha value is -2.37. The number of nitrogens with zero attached hydrogens (tertiary/aromatic N) is 1. The van der Waals surface area contributed by atoms with Gasteiger partial charge in [-0.05, 0) is 37.1 Å². The number of carbonyl (C=O) groups excluding carboxylic acids is 1. The molecule has 0 spiro atoms. The van der Waals surface area contributed by atoms with E-state index in [1.807, 2.05) is 0 Å². The molecule has 1 fully saturated rings. The van der Waals surface area contributed by atoms with Gasteiger partial charge in [-0.3, -0.25) is 9.59 Å². The van der Waals surface area contributed by atoms with Gasteiger partial charge in [0.2, 0.25) is 5.91 Å². The van der Waals surface area contributed by atoms with Gasteiger partial charge in [0.15, 0.2) is 0 Å². The molecule has 1 atom stereocenters. The summed E-state index contributed by atoms with van der Waals surface area (Å²) >= 11 is 0. The third kappa shape index (κ3) is 2.45. The van der Waals surface area contributed by atoms with Gasteiger partial charge in [-0.25, -0.2) is 4.39 Å². The number of aromatic nitrogens is 1. The maximum Gasteiger partial charge on any atom is 0.311 e. The fourth-order valence-corrected chi connectivity index (χ4v) is 2.92. The number of fused-ring (bicyclic) bond motifs is 1. The van der Waals surface area contributed by atoms with Gasteiger partial charge in [0.05, 0.1) is 11.8 Å². The van der Waals surface area contributed by atoms with E-state index in [9.17, 15) is 19.1 Å². The van der Waals surface area contributed by atoms with Crippen LogP contribution in [-0.2, 0) is 16.0 Å². The summed E-state index contributed by atoms with van der Waals surface area (Å²) in [5.41, 5.74) is 0.631. The van der Waals surface area contributed by atoms with Crippen molar-refractivity contribution in [2.24, 2.45) is 5.41 Å². The van der Waals surface area contributed by atoms with Gasteiger partial charge in [-0.1, -0.05) is 0 Å². The Kier molecular flexibility index (Phi) is 3.39. The maximum absolute atomic E-state index is 13.3. The van der Waals surface area contributed by atoms with E-state index in [2.05, 4.69) is 4.98 Å². The van der Waals surface area contributed by atoms with E-state index in [0.717, 1.165) is 11.1 Å². The Morgan fingerprint density at radius 3 is 2.91 bits per heavy atom. The van der Waals surface area contributed by atoms with Gasteiger partial charge < -0.3 is 15.0 Å². The first kappa shape index (κ1) is 14.6. The van der Waals surface area contributed by atoms with E-state index in [0.29, 0.717) is 18.4 Å². The molecule has 0 aliphatic carbocycles. The Labute approximate surface area is 126 Å². The summed E-state index contributed by atoms with van der Waals surface area (Å²) in [5.74, 6) is -1.35. The topological polar surface area (TPSA) is 73.4 Å². The molecule has 1 saturated heterocycles. The fraction of sp³-hybridized carbons (Fsp3) is 0.375. The smallest absolute Gasteiger partial charge is 0.311 e. The maximum atomic E-state index is 13.3. The van der Waals surface area contributed by atoms with E-state index in [1.54, 1.807) is 24.1 Å². The molecule has 2 N–H and O–H groups in total. The molecule has 0 bridgehead atoms. The SMILES string of the molecule is CC1(C(=O)O)CCN(C(=O)Cc2c[nH]c3ccc(F)cc23)C1. The summed E-state index contributed by atoms with van der Waals surface area (Å²) in [6.07, 6.45) is 2.30. The van der Waals surface area contributed by atoms with Crippen molar-refractivity contribution >= 4 is 22.8 Å². The zero-order chi connectivity index (χ0) is 15.9. The van der Waals surface area contributed by atoms with Crippen LogP contribution < -0.4 is 0 Å². The predicted molar refractivity (Wildman–Crippen MR) is 78.9 cm³/mol. The fourth-order valence-electron chi connectivity index (χ4n) is 2.92. The number of hydrogen-bond donors (Lipinski definition) is 2. The highest BCUT2D eigenvalue weighted by atomic mass is 19.1. The molecule has 1 aromatic carbocycles. The zero-order valence-electron chi connectivity index (χ0n) is 12.2. The summed E-state index contributed by atoms with van der Waals surface area (Å²) in [6, 6.07) is 4.40. The number of rotatable bonds is 3. The van der Waals surface area contributed by atoms with Crippen LogP contribution in [0.25, 0.3) is 10.9 Å². The quantitative estimate of drug-likeness (QED) is 0.912. The number of carboxylic acids is 1. The Bertz CT molecular complexity index is 755. The zero-order valence-corrected chi connectivity index (χ0v) is 12.2. The first-order chi connectivity index (χ1) is 10.4. The molecular weight excluding hydrogens is 287 g/mol. The number of amides is 1. The van der Waals surface area contributed by atoms with Crippen LogP contribution in [0.3, 0.4) is 0 Å². The molecule has 5 nitrogen and oxygen atoms in total. The summed E-state index contributed by atoms with van der Waals surface area (Å²) in [7, 11) is 0. The van der Waals surface area contributed by atoms with Crippen LogP contribution in [0.4, 0.5) is 4.39 Å². The van der Waals surface area contributed by atoms with Crippen molar-refractivity contribution in [2.75, 3.05) is 13.1 Å². The molecule has 1 unspecified atom stereocenters. The first-order valence-corrected chi connectivity index (χ1v) is 7.16. The van der Waals surface area contributed by atoms with Crippen LogP contribution in [-0.4, -0.2) is 40.0 Å². The summed E-state index contributed by atoms with van der Waals surface area (Å²) < 4.78 is 13.3. The molecule has 1 aromatic heterocycles. The van der Waals surface area contributed by atoms with E-state index in [-0.39, 0.29) is 24.7 Å². The number of nitrogens with one attached hydrogen (secondary N) is 1. The molecule has 1 aliphatic rings. The Morgan fingerprint density at radius 1 is 1.45 bits per heavy atom. The molecule has 22 heavy (non-hydrogen) atoms. The monoisotopic (exact) mass is 304 g/mol. The number of carboxylic acid groups (broad SMARTS) is 1. The number of likely N-dealkylation sites (tertiary alicyclic amines) is 1. The van der Waals surface area contributed by atoms with Crippen molar-refractivity contribution in [2.45, 2.75) is 19.8 Å². The van der Waals surface area contributed by atoms with E-state index < -0.39 is 11.4 Å². The predicted octanol–water partition coefficient (Wildman–Crippen LogP) is 2.17. The van der Waals surface area contributed by atoms with Crippen LogP contribution in [0.5, 0.6) is 0 Å². The Balaban J connectivity index is 1.77. The number of carbonyl (C=O) groups is 2. The average molecular weight is 304 g/mol. The summed E-state index contributed by atoms with van der Waals surface area (Å²) in [4.78, 5) is 28.2. The lowest BCUT2D eigenvalue weighted by molar-refractivity contribution is -0.147. The molecule has 2 heterocycles. The van der Waals surface area contributed by atoms with E-state index in [1.165, 1.54) is 12.1 Å². The average Bonchev–Trinajstić information content (AvgIpc) is 3.04. The van der Waals surface area contributed by atoms with Gasteiger partial charge in [-0.2, -0.15) is 0 Å². The van der Waals surface area contributed by atoms with Gasteiger partial charge in [-0.15, -0.1) is 0 Å². The standard InChI is InChI=1S/C16H17FN2O3/c1-16(15(21)22)4-5-19(9-16)14(20)6-10-8-18-13-3-2-11(17)7-12(10)13/h2-3,7-8,18H,4-6,9H2,1H3,(H,21,22). The molecule has 0 radical (unpaired) electrons. The van der Waals surface area contributed by atoms with E-state index >= 15 is 0 Å². The van der Waals surface area contributed by atoms with Crippen LogP contribution >= 0.6 is 0 Å². The second-order valence-electron chi connectivity index (χ2n) is 6.11. The molecule has 116 valence electrons. The second kappa shape index (κ2) is 5.12. The van der Waals surface area contributed by atoms with Crippen molar-refractivity contribution in [1.29, 1.82) is 0 Å². The minimum atomic E-state index is -0.878. The number of aromatic amines is 1. The lowest BCUT2D eigenvalue weighted by Gasteiger charge is -2.20. The van der Waals surface area contributed by atoms with Crippen LogP contribution in [0.15, 0.2) is 24.4 Å². The van der Waals surface area contributed by atoms with Crippen molar-refractivity contribution < 1.29 is 19.1 Å². The minimum absolute atomic E-state index is 0.130. The lowest BCUT2D eigenvalue weighted by atomic mass is 9.90. The lowest BCUT2D eigenvalue weighted by Crippen LogP contribution is -2.35. The van der Waals surface area contributed by atoms with Crippen molar-refractivity contribution in [3.63, 3.8) is 0 Å². The van der Waals surface area contributed by atoms with Crippen molar-refractivity contribution in [3.05, 3.63) is 35.8 Å². The number of halogens is 1. The molecule has 6 heteroatoms. The van der Waals surface area contributed by atoms with Gasteiger partial charge in [0, 0.05) is 30.2 Å². The van der Waals surface area contributed by atoms with Crippen molar-refractivity contribution in [3.8, 4) is 0 Å². The molecule has 1 amide bonds. The highest BCUT2D eigenvalue weighted by Gasteiger charge is 2.42.